The number of rotatable bonds is 46. The molecule has 0 amide bonds. The van der Waals surface area contributed by atoms with Crippen molar-refractivity contribution in [2.45, 2.75) is 245 Å². The van der Waals surface area contributed by atoms with E-state index in [1.165, 1.54) is 167 Å². The molecule has 0 aliphatic heterocycles. The Morgan fingerprint density at radius 3 is 1.34 bits per heavy atom. The van der Waals surface area contributed by atoms with E-state index in [2.05, 4.69) is 38.2 Å². The second-order valence-electron chi connectivity index (χ2n) is 16.3. The summed E-state index contributed by atoms with van der Waals surface area (Å²) < 4.78 is 32.9. The minimum atomic E-state index is -4.38. The van der Waals surface area contributed by atoms with E-state index in [1.807, 2.05) is 0 Å². The maximum absolute atomic E-state index is 12.6. The zero-order chi connectivity index (χ0) is 42.5. The van der Waals surface area contributed by atoms with Gasteiger partial charge < -0.3 is 20.1 Å². The van der Waals surface area contributed by atoms with Gasteiger partial charge in [0.1, 0.15) is 6.61 Å². The van der Waals surface area contributed by atoms with Crippen LogP contribution < -0.4 is 5.73 Å². The Morgan fingerprint density at radius 2 is 0.897 bits per heavy atom. The van der Waals surface area contributed by atoms with Crippen LogP contribution in [0.2, 0.25) is 0 Å². The summed E-state index contributed by atoms with van der Waals surface area (Å²) in [5, 5.41) is 0. The van der Waals surface area contributed by atoms with Crippen molar-refractivity contribution in [3.63, 3.8) is 0 Å². The number of unbranched alkanes of at least 4 members (excludes halogenated alkanes) is 29. The van der Waals surface area contributed by atoms with Crippen LogP contribution in [0.4, 0.5) is 0 Å². The molecule has 0 rings (SSSR count). The summed E-state index contributed by atoms with van der Waals surface area (Å²) in [4.78, 5) is 35.0. The van der Waals surface area contributed by atoms with Gasteiger partial charge in [0.15, 0.2) is 6.10 Å². The first-order chi connectivity index (χ1) is 28.3. The summed E-state index contributed by atoms with van der Waals surface area (Å²) in [6, 6.07) is 0. The van der Waals surface area contributed by atoms with E-state index >= 15 is 0 Å². The summed E-state index contributed by atoms with van der Waals surface area (Å²) in [5.74, 6) is -0.821. The van der Waals surface area contributed by atoms with Crippen molar-refractivity contribution in [2.24, 2.45) is 5.73 Å². The van der Waals surface area contributed by atoms with Crippen molar-refractivity contribution in [1.82, 2.24) is 0 Å². The molecular formula is C48H92NO8P. The van der Waals surface area contributed by atoms with Gasteiger partial charge >= 0.3 is 19.8 Å². The van der Waals surface area contributed by atoms with Gasteiger partial charge in [-0.1, -0.05) is 205 Å². The van der Waals surface area contributed by atoms with E-state index in [0.29, 0.717) is 6.42 Å². The van der Waals surface area contributed by atoms with Crippen LogP contribution in [0, 0.1) is 0 Å². The maximum Gasteiger partial charge on any atom is 0.472 e. The molecule has 0 aliphatic carbocycles. The average Bonchev–Trinajstić information content (AvgIpc) is 3.21. The third-order valence-electron chi connectivity index (χ3n) is 10.6. The van der Waals surface area contributed by atoms with Gasteiger partial charge in [0.25, 0.3) is 0 Å². The van der Waals surface area contributed by atoms with Crippen LogP contribution in [0.3, 0.4) is 0 Å². The number of hydrogen-bond donors (Lipinski definition) is 2. The lowest BCUT2D eigenvalue weighted by atomic mass is 10.0. The van der Waals surface area contributed by atoms with Gasteiger partial charge in [0.05, 0.1) is 13.2 Å². The highest BCUT2D eigenvalue weighted by Crippen LogP contribution is 2.43. The van der Waals surface area contributed by atoms with Crippen LogP contribution in [0.25, 0.3) is 0 Å². The monoisotopic (exact) mass is 842 g/mol. The summed E-state index contributed by atoms with van der Waals surface area (Å²) >= 11 is 0. The Balaban J connectivity index is 4.06. The molecule has 9 nitrogen and oxygen atoms in total. The first-order valence-corrected chi connectivity index (χ1v) is 25.8. The molecule has 0 aliphatic rings. The fraction of sp³-hybridized carbons (Fsp3) is 0.875. The van der Waals surface area contributed by atoms with Gasteiger partial charge in [-0.05, 0) is 44.9 Å². The Bertz CT molecular complexity index is 1010. The normalized spacial score (nSPS) is 13.4. The van der Waals surface area contributed by atoms with E-state index < -0.39 is 26.5 Å². The van der Waals surface area contributed by atoms with E-state index in [9.17, 15) is 19.0 Å². The number of phosphoric ester groups is 1. The molecule has 3 N–H and O–H groups in total. The molecule has 0 fully saturated rings. The zero-order valence-electron chi connectivity index (χ0n) is 37.8. The van der Waals surface area contributed by atoms with E-state index in [1.54, 1.807) is 0 Å². The predicted molar refractivity (Wildman–Crippen MR) is 243 cm³/mol. The highest BCUT2D eigenvalue weighted by molar-refractivity contribution is 7.47. The van der Waals surface area contributed by atoms with Crippen molar-refractivity contribution >= 4 is 19.8 Å². The lowest BCUT2D eigenvalue weighted by Crippen LogP contribution is -2.29. The van der Waals surface area contributed by atoms with Crippen LogP contribution in [0.5, 0.6) is 0 Å². The molecule has 342 valence electrons. The molecule has 0 aromatic carbocycles. The van der Waals surface area contributed by atoms with Gasteiger partial charge in [-0.3, -0.25) is 18.6 Å². The van der Waals surface area contributed by atoms with Gasteiger partial charge in [0.2, 0.25) is 0 Å². The molecule has 0 aromatic rings. The quantitative estimate of drug-likeness (QED) is 0.0266. The predicted octanol–water partition coefficient (Wildman–Crippen LogP) is 14.3. The third kappa shape index (κ3) is 44.1. The Morgan fingerprint density at radius 1 is 0.517 bits per heavy atom. The smallest absolute Gasteiger partial charge is 0.462 e. The van der Waals surface area contributed by atoms with Gasteiger partial charge in [0, 0.05) is 19.4 Å². The minimum Gasteiger partial charge on any atom is -0.462 e. The number of hydrogen-bond acceptors (Lipinski definition) is 8. The molecular weight excluding hydrogens is 750 g/mol. The number of carbonyl (C=O) groups excluding carboxylic acids is 2. The van der Waals surface area contributed by atoms with E-state index in [4.69, 9.17) is 24.3 Å². The zero-order valence-corrected chi connectivity index (χ0v) is 38.7. The number of allylic oxidation sites excluding steroid dienone is 4. The molecule has 1 unspecified atom stereocenters. The molecule has 0 saturated carbocycles. The fourth-order valence-electron chi connectivity index (χ4n) is 6.96. The second kappa shape index (κ2) is 45.0. The highest BCUT2D eigenvalue weighted by atomic mass is 31.2. The number of phosphoric acid groups is 1. The summed E-state index contributed by atoms with van der Waals surface area (Å²) in [6.45, 7) is 3.75. The minimum absolute atomic E-state index is 0.0548. The molecule has 0 radical (unpaired) electrons. The molecule has 10 heteroatoms. The van der Waals surface area contributed by atoms with Crippen molar-refractivity contribution in [1.29, 1.82) is 0 Å². The molecule has 0 spiro atoms. The standard InChI is InChI=1S/C48H92NO8P/c1-3-5-7-9-11-13-15-17-19-21-23-25-26-28-30-32-34-36-38-40-47(50)54-44-46(45-56-58(52,53)55-43-42-49)57-48(51)41-39-37-35-33-31-29-27-24-22-20-18-16-14-12-10-8-6-4-2/h11,13,17,19,46H,3-10,12,14-16,18,20-45,49H2,1-2H3,(H,52,53)/b13-11-,19-17-/t46-/m1/s1. The Labute approximate surface area is 357 Å². The number of nitrogens with two attached hydrogens (primary N) is 1. The second-order valence-corrected chi connectivity index (χ2v) is 17.8. The third-order valence-corrected chi connectivity index (χ3v) is 11.6. The van der Waals surface area contributed by atoms with Crippen LogP contribution in [-0.2, 0) is 32.7 Å². The number of esters is 2. The molecule has 0 heterocycles. The van der Waals surface area contributed by atoms with Crippen molar-refractivity contribution < 1.29 is 37.6 Å². The highest BCUT2D eigenvalue weighted by Gasteiger charge is 2.26. The summed E-state index contributed by atoms with van der Waals surface area (Å²) in [6.07, 6.45) is 49.2. The van der Waals surface area contributed by atoms with Crippen molar-refractivity contribution in [2.75, 3.05) is 26.4 Å². The number of carbonyl (C=O) groups is 2. The Hall–Kier alpha value is -1.51. The lowest BCUT2D eigenvalue weighted by molar-refractivity contribution is -0.161. The SMILES string of the molecule is CCCCC/C=C\C/C=C\CCCCCCCCCCCC(=O)OC[C@H](COP(=O)(O)OCCN)OC(=O)CCCCCCCCCCCCCCCCCCCC. The average molecular weight is 842 g/mol. The van der Waals surface area contributed by atoms with Gasteiger partial charge in [-0.2, -0.15) is 0 Å². The van der Waals surface area contributed by atoms with Gasteiger partial charge in [-0.25, -0.2) is 4.57 Å². The van der Waals surface area contributed by atoms with Crippen LogP contribution in [0.1, 0.15) is 239 Å². The molecule has 0 aromatic heterocycles. The molecule has 0 bridgehead atoms. The van der Waals surface area contributed by atoms with Crippen molar-refractivity contribution in [3.8, 4) is 0 Å². The van der Waals surface area contributed by atoms with Crippen LogP contribution in [-0.4, -0.2) is 49.3 Å². The molecule has 2 atom stereocenters. The van der Waals surface area contributed by atoms with E-state index in [-0.39, 0.29) is 38.6 Å². The number of ether oxygens (including phenoxy) is 2. The van der Waals surface area contributed by atoms with Gasteiger partial charge in [-0.15, -0.1) is 0 Å². The van der Waals surface area contributed by atoms with E-state index in [0.717, 1.165) is 38.5 Å². The van der Waals surface area contributed by atoms with Crippen molar-refractivity contribution in [3.05, 3.63) is 24.3 Å². The topological polar surface area (TPSA) is 134 Å². The Kier molecular flexibility index (Phi) is 43.9. The van der Waals surface area contributed by atoms with Crippen LogP contribution >= 0.6 is 7.82 Å². The fourth-order valence-corrected chi connectivity index (χ4v) is 7.73. The largest absolute Gasteiger partial charge is 0.472 e. The molecule has 58 heavy (non-hydrogen) atoms. The maximum atomic E-state index is 12.6. The summed E-state index contributed by atoms with van der Waals surface area (Å²) in [7, 11) is -4.38. The van der Waals surface area contributed by atoms with Crippen LogP contribution in [0.15, 0.2) is 24.3 Å². The lowest BCUT2D eigenvalue weighted by Gasteiger charge is -2.19. The summed E-state index contributed by atoms with van der Waals surface area (Å²) in [5.41, 5.74) is 5.36. The molecule has 0 saturated heterocycles. The first-order valence-electron chi connectivity index (χ1n) is 24.3. The first kappa shape index (κ1) is 56.5.